The molecule has 1 aliphatic rings. The van der Waals surface area contributed by atoms with Gasteiger partial charge in [0.1, 0.15) is 11.5 Å². The molecule has 1 fully saturated rings. The van der Waals surface area contributed by atoms with E-state index in [2.05, 4.69) is 0 Å². The first-order valence-electron chi connectivity index (χ1n) is 9.64. The predicted molar refractivity (Wildman–Crippen MR) is 117 cm³/mol. The Morgan fingerprint density at radius 1 is 1.03 bits per heavy atom. The summed E-state index contributed by atoms with van der Waals surface area (Å²) in [7, 11) is 6.33. The van der Waals surface area contributed by atoms with Crippen LogP contribution in [0.4, 0.5) is 0 Å². The number of amides is 1. The van der Waals surface area contributed by atoms with E-state index in [-0.39, 0.29) is 11.9 Å². The van der Waals surface area contributed by atoms with Crippen LogP contribution >= 0.6 is 11.6 Å². The summed E-state index contributed by atoms with van der Waals surface area (Å²) in [5, 5.41) is 0.420. The van der Waals surface area contributed by atoms with E-state index in [1.807, 2.05) is 23.1 Å². The zero-order valence-electron chi connectivity index (χ0n) is 17.6. The highest BCUT2D eigenvalue weighted by atomic mass is 35.5. The van der Waals surface area contributed by atoms with Crippen molar-refractivity contribution in [3.63, 3.8) is 0 Å². The molecule has 2 aromatic rings. The molecule has 0 saturated carbocycles. The standard InChI is InChI=1S/C23H26ClNO5/c1-27-16-8-9-20(28-2)17(14-16)19-6-5-11-25(19)22(26)10-7-15-12-18(24)23(30-4)21(13-15)29-3/h7-10,12-14,19H,5-6,11H2,1-4H3. The van der Waals surface area contributed by atoms with Gasteiger partial charge in [0.2, 0.25) is 5.91 Å². The molecule has 1 amide bonds. The van der Waals surface area contributed by atoms with E-state index < -0.39 is 0 Å². The summed E-state index contributed by atoms with van der Waals surface area (Å²) >= 11 is 6.26. The van der Waals surface area contributed by atoms with Crippen LogP contribution in [-0.2, 0) is 4.79 Å². The van der Waals surface area contributed by atoms with Crippen LogP contribution in [0.1, 0.15) is 30.0 Å². The zero-order chi connectivity index (χ0) is 21.7. The maximum absolute atomic E-state index is 13.0. The second kappa shape index (κ2) is 9.76. The molecular formula is C23H26ClNO5. The molecule has 0 N–H and O–H groups in total. The van der Waals surface area contributed by atoms with Crippen LogP contribution in [0.25, 0.3) is 6.08 Å². The molecule has 1 unspecified atom stereocenters. The second-order valence-electron chi connectivity index (χ2n) is 6.87. The van der Waals surface area contributed by atoms with E-state index in [9.17, 15) is 4.79 Å². The molecule has 6 nitrogen and oxygen atoms in total. The molecule has 7 heteroatoms. The summed E-state index contributed by atoms with van der Waals surface area (Å²) in [5.74, 6) is 2.38. The topological polar surface area (TPSA) is 57.2 Å². The molecule has 1 aliphatic heterocycles. The Morgan fingerprint density at radius 2 is 1.80 bits per heavy atom. The monoisotopic (exact) mass is 431 g/mol. The molecule has 0 spiro atoms. The van der Waals surface area contributed by atoms with Crippen molar-refractivity contribution in [3.8, 4) is 23.0 Å². The minimum Gasteiger partial charge on any atom is -0.497 e. The van der Waals surface area contributed by atoms with Crippen molar-refractivity contribution in [1.29, 1.82) is 0 Å². The lowest BCUT2D eigenvalue weighted by molar-refractivity contribution is -0.126. The van der Waals surface area contributed by atoms with Gasteiger partial charge in [-0.25, -0.2) is 0 Å². The lowest BCUT2D eigenvalue weighted by Gasteiger charge is -2.25. The number of nitrogens with zero attached hydrogens (tertiary/aromatic N) is 1. The summed E-state index contributed by atoms with van der Waals surface area (Å²) in [5.41, 5.74) is 1.70. The number of halogens is 1. The van der Waals surface area contributed by atoms with Gasteiger partial charge in [-0.2, -0.15) is 0 Å². The fraction of sp³-hybridized carbons (Fsp3) is 0.348. The number of benzene rings is 2. The number of likely N-dealkylation sites (tertiary alicyclic amines) is 1. The van der Waals surface area contributed by atoms with Crippen molar-refractivity contribution in [3.05, 3.63) is 52.6 Å². The number of ether oxygens (including phenoxy) is 4. The van der Waals surface area contributed by atoms with Crippen LogP contribution < -0.4 is 18.9 Å². The van der Waals surface area contributed by atoms with Crippen LogP contribution in [0.15, 0.2) is 36.4 Å². The van der Waals surface area contributed by atoms with Crippen molar-refractivity contribution >= 4 is 23.6 Å². The summed E-state index contributed by atoms with van der Waals surface area (Å²) in [4.78, 5) is 14.9. The van der Waals surface area contributed by atoms with E-state index in [4.69, 9.17) is 30.5 Å². The highest BCUT2D eigenvalue weighted by molar-refractivity contribution is 6.32. The third-order valence-electron chi connectivity index (χ3n) is 5.21. The van der Waals surface area contributed by atoms with E-state index in [0.29, 0.717) is 23.1 Å². The Hall–Kier alpha value is -2.86. The quantitative estimate of drug-likeness (QED) is 0.592. The van der Waals surface area contributed by atoms with E-state index in [0.717, 1.165) is 35.5 Å². The Labute approximate surface area is 181 Å². The van der Waals surface area contributed by atoms with E-state index in [1.165, 1.54) is 7.11 Å². The van der Waals surface area contributed by atoms with Gasteiger partial charge in [-0.1, -0.05) is 11.6 Å². The minimum absolute atomic E-state index is 0.0683. The van der Waals surface area contributed by atoms with Crippen molar-refractivity contribution in [1.82, 2.24) is 4.90 Å². The summed E-state index contributed by atoms with van der Waals surface area (Å²) in [6, 6.07) is 9.11. The van der Waals surface area contributed by atoms with Gasteiger partial charge in [-0.15, -0.1) is 0 Å². The SMILES string of the molecule is COc1ccc(OC)c(C2CCCN2C(=O)C=Cc2cc(Cl)c(OC)c(OC)c2)c1. The minimum atomic E-state index is -0.0757. The van der Waals surface area contributed by atoms with Crippen molar-refractivity contribution in [2.45, 2.75) is 18.9 Å². The smallest absolute Gasteiger partial charge is 0.247 e. The number of hydrogen-bond donors (Lipinski definition) is 0. The van der Waals surface area contributed by atoms with Gasteiger partial charge < -0.3 is 23.8 Å². The molecule has 1 heterocycles. The molecule has 3 rings (SSSR count). The number of rotatable bonds is 7. The lowest BCUT2D eigenvalue weighted by Crippen LogP contribution is -2.29. The zero-order valence-corrected chi connectivity index (χ0v) is 18.4. The number of carbonyl (C=O) groups is 1. The average molecular weight is 432 g/mol. The molecular weight excluding hydrogens is 406 g/mol. The van der Waals surface area contributed by atoms with Gasteiger partial charge in [0, 0.05) is 18.2 Å². The number of methoxy groups -OCH3 is 4. The Balaban J connectivity index is 1.84. The van der Waals surface area contributed by atoms with Gasteiger partial charge in [-0.05, 0) is 54.8 Å². The van der Waals surface area contributed by atoms with Crippen LogP contribution in [0, 0.1) is 0 Å². The summed E-state index contributed by atoms with van der Waals surface area (Å²) in [6.45, 7) is 0.681. The normalized spacial score (nSPS) is 16.0. The number of hydrogen-bond acceptors (Lipinski definition) is 5. The van der Waals surface area contributed by atoms with E-state index in [1.54, 1.807) is 45.6 Å². The van der Waals surface area contributed by atoms with Gasteiger partial charge in [0.25, 0.3) is 0 Å². The van der Waals surface area contributed by atoms with Gasteiger partial charge in [0.15, 0.2) is 11.5 Å². The molecule has 0 aromatic heterocycles. The Morgan fingerprint density at radius 3 is 2.47 bits per heavy atom. The highest BCUT2D eigenvalue weighted by Gasteiger charge is 2.31. The van der Waals surface area contributed by atoms with Crippen LogP contribution in [0.2, 0.25) is 5.02 Å². The molecule has 1 saturated heterocycles. The maximum atomic E-state index is 13.0. The second-order valence-corrected chi connectivity index (χ2v) is 7.28. The first-order chi connectivity index (χ1) is 14.5. The van der Waals surface area contributed by atoms with Crippen LogP contribution in [0.5, 0.6) is 23.0 Å². The third kappa shape index (κ3) is 4.49. The summed E-state index contributed by atoms with van der Waals surface area (Å²) in [6.07, 6.45) is 5.08. The lowest BCUT2D eigenvalue weighted by atomic mass is 10.0. The van der Waals surface area contributed by atoms with Crippen molar-refractivity contribution in [2.24, 2.45) is 0 Å². The largest absolute Gasteiger partial charge is 0.497 e. The van der Waals surface area contributed by atoms with Crippen molar-refractivity contribution in [2.75, 3.05) is 35.0 Å². The first-order valence-corrected chi connectivity index (χ1v) is 10.0. The molecule has 1 atom stereocenters. The van der Waals surface area contributed by atoms with Crippen molar-refractivity contribution < 1.29 is 23.7 Å². The first kappa shape index (κ1) is 21.8. The maximum Gasteiger partial charge on any atom is 0.247 e. The Bertz CT molecular complexity index is 943. The molecule has 2 aromatic carbocycles. The van der Waals surface area contributed by atoms with E-state index >= 15 is 0 Å². The molecule has 0 bridgehead atoms. The van der Waals surface area contributed by atoms with Gasteiger partial charge in [-0.3, -0.25) is 4.79 Å². The molecule has 30 heavy (non-hydrogen) atoms. The predicted octanol–water partition coefficient (Wildman–Crippen LogP) is 4.75. The van der Waals surface area contributed by atoms with Crippen LogP contribution in [0.3, 0.4) is 0 Å². The fourth-order valence-electron chi connectivity index (χ4n) is 3.75. The molecule has 0 radical (unpaired) electrons. The highest BCUT2D eigenvalue weighted by Crippen LogP contribution is 2.39. The van der Waals surface area contributed by atoms with Gasteiger partial charge in [0.05, 0.1) is 39.5 Å². The fourth-order valence-corrected chi connectivity index (χ4v) is 4.05. The number of carbonyl (C=O) groups excluding carboxylic acids is 1. The summed E-state index contributed by atoms with van der Waals surface area (Å²) < 4.78 is 21.5. The molecule has 0 aliphatic carbocycles. The third-order valence-corrected chi connectivity index (χ3v) is 5.49. The van der Waals surface area contributed by atoms with Crippen LogP contribution in [-0.4, -0.2) is 45.8 Å². The average Bonchev–Trinajstić information content (AvgIpc) is 3.26. The van der Waals surface area contributed by atoms with Gasteiger partial charge >= 0.3 is 0 Å². The Kier molecular flexibility index (Phi) is 7.11. The molecule has 160 valence electrons.